The van der Waals surface area contributed by atoms with Crippen molar-refractivity contribution in [3.63, 3.8) is 0 Å². The van der Waals surface area contributed by atoms with E-state index in [2.05, 4.69) is 0 Å². The van der Waals surface area contributed by atoms with E-state index in [1.54, 1.807) is 4.90 Å². The molecule has 35 heavy (non-hydrogen) atoms. The number of amides is 1. The normalized spacial score (nSPS) is 11.0. The molecule has 1 amide bonds. The zero-order chi connectivity index (χ0) is 25.4. The van der Waals surface area contributed by atoms with Crippen LogP contribution in [0.25, 0.3) is 0 Å². The maximum absolute atomic E-state index is 12.9. The van der Waals surface area contributed by atoms with Gasteiger partial charge in [0.05, 0.1) is 10.5 Å². The van der Waals surface area contributed by atoms with Crippen LogP contribution >= 0.6 is 0 Å². The van der Waals surface area contributed by atoms with Crippen LogP contribution in [0.3, 0.4) is 0 Å². The predicted molar refractivity (Wildman–Crippen MR) is 128 cm³/mol. The van der Waals surface area contributed by atoms with Crippen LogP contribution in [0, 0.1) is 10.1 Å². The highest BCUT2D eigenvalue weighted by Crippen LogP contribution is 2.25. The highest BCUT2D eigenvalue weighted by Gasteiger charge is 2.25. The van der Waals surface area contributed by atoms with Gasteiger partial charge in [-0.2, -0.15) is 0 Å². The number of nitro groups is 1. The highest BCUT2D eigenvalue weighted by atomic mass is 32.2. The third-order valence-corrected chi connectivity index (χ3v) is 6.34. The molecule has 0 heterocycles. The molecule has 10 heteroatoms. The van der Waals surface area contributed by atoms with Gasteiger partial charge in [0.2, 0.25) is 0 Å². The first kappa shape index (κ1) is 25.6. The number of carbonyl (C=O) groups is 2. The first-order chi connectivity index (χ1) is 16.6. The van der Waals surface area contributed by atoms with Gasteiger partial charge in [-0.25, -0.2) is 13.2 Å². The number of hydrogen-bond acceptors (Lipinski definition) is 7. The topological polar surface area (TPSA) is 124 Å². The van der Waals surface area contributed by atoms with Gasteiger partial charge in [-0.05, 0) is 29.7 Å². The molecule has 182 valence electrons. The minimum atomic E-state index is -3.87. The molecule has 0 aliphatic carbocycles. The first-order valence-corrected chi connectivity index (χ1v) is 12.6. The SMILES string of the molecule is CS(=O)(=O)c1ccc(C(=O)OCC(=O)N(CCc2ccccc2)Cc2ccccc2)cc1[N+](=O)[O-]. The molecule has 0 radical (unpaired) electrons. The van der Waals surface area contributed by atoms with E-state index in [0.717, 1.165) is 35.6 Å². The number of ether oxygens (including phenoxy) is 1. The number of benzene rings is 3. The second-order valence-electron chi connectivity index (χ2n) is 7.82. The summed E-state index contributed by atoms with van der Waals surface area (Å²) in [6.07, 6.45) is 1.44. The fourth-order valence-electron chi connectivity index (χ4n) is 3.41. The Morgan fingerprint density at radius 2 is 1.54 bits per heavy atom. The molecule has 0 spiro atoms. The molecule has 0 saturated carbocycles. The van der Waals surface area contributed by atoms with Gasteiger partial charge in [0.25, 0.3) is 11.6 Å². The summed E-state index contributed by atoms with van der Waals surface area (Å²) in [4.78, 5) is 36.9. The van der Waals surface area contributed by atoms with Crippen LogP contribution in [0.4, 0.5) is 5.69 Å². The zero-order valence-corrected chi connectivity index (χ0v) is 19.8. The third-order valence-electron chi connectivity index (χ3n) is 5.20. The van der Waals surface area contributed by atoms with Gasteiger partial charge < -0.3 is 9.64 Å². The molecule has 0 fully saturated rings. The van der Waals surface area contributed by atoms with E-state index in [4.69, 9.17) is 4.74 Å². The lowest BCUT2D eigenvalue weighted by molar-refractivity contribution is -0.387. The van der Waals surface area contributed by atoms with Gasteiger partial charge in [0.15, 0.2) is 16.4 Å². The van der Waals surface area contributed by atoms with E-state index in [0.29, 0.717) is 19.5 Å². The number of carbonyl (C=O) groups excluding carboxylic acids is 2. The second-order valence-corrected chi connectivity index (χ2v) is 9.81. The van der Waals surface area contributed by atoms with Crippen LogP contribution < -0.4 is 0 Å². The van der Waals surface area contributed by atoms with Crippen LogP contribution in [0.1, 0.15) is 21.5 Å². The molecule has 0 bridgehead atoms. The van der Waals surface area contributed by atoms with E-state index in [1.165, 1.54) is 0 Å². The molecule has 0 aliphatic rings. The summed E-state index contributed by atoms with van der Waals surface area (Å²) < 4.78 is 28.7. The van der Waals surface area contributed by atoms with Crippen molar-refractivity contribution >= 4 is 27.4 Å². The monoisotopic (exact) mass is 496 g/mol. The van der Waals surface area contributed by atoms with Crippen molar-refractivity contribution in [2.24, 2.45) is 0 Å². The van der Waals surface area contributed by atoms with Crippen LogP contribution in [-0.4, -0.2) is 49.5 Å². The predicted octanol–water partition coefficient (Wildman–Crippen LogP) is 3.43. The van der Waals surface area contributed by atoms with Crippen molar-refractivity contribution in [2.45, 2.75) is 17.9 Å². The van der Waals surface area contributed by atoms with E-state index in [9.17, 15) is 28.1 Å². The third kappa shape index (κ3) is 7.21. The fraction of sp³-hybridized carbons (Fsp3) is 0.200. The van der Waals surface area contributed by atoms with Gasteiger partial charge in [-0.3, -0.25) is 14.9 Å². The summed E-state index contributed by atoms with van der Waals surface area (Å²) in [5, 5.41) is 11.3. The maximum atomic E-state index is 12.9. The molecule has 0 aliphatic heterocycles. The van der Waals surface area contributed by atoms with Crippen molar-refractivity contribution in [1.82, 2.24) is 4.90 Å². The summed E-state index contributed by atoms with van der Waals surface area (Å²) in [6.45, 7) is 0.143. The smallest absolute Gasteiger partial charge is 0.338 e. The molecule has 0 saturated heterocycles. The number of nitro benzene ring substituents is 1. The van der Waals surface area contributed by atoms with E-state index < -0.39 is 43.8 Å². The van der Waals surface area contributed by atoms with E-state index >= 15 is 0 Å². The molecule has 3 aromatic carbocycles. The van der Waals surface area contributed by atoms with Crippen molar-refractivity contribution in [1.29, 1.82) is 0 Å². The Labute approximate surface area is 203 Å². The average molecular weight is 497 g/mol. The standard InChI is InChI=1S/C25H24N2O7S/c1-35(32,33)23-13-12-21(16-22(23)27(30)31)25(29)34-18-24(28)26(17-20-10-6-3-7-11-20)15-14-19-8-4-2-5-9-19/h2-13,16H,14-15,17-18H2,1H3. The van der Waals surface area contributed by atoms with Gasteiger partial charge in [0, 0.05) is 25.4 Å². The summed E-state index contributed by atoms with van der Waals surface area (Å²) in [7, 11) is -3.87. The summed E-state index contributed by atoms with van der Waals surface area (Å²) in [5.74, 6) is -1.40. The van der Waals surface area contributed by atoms with Crippen LogP contribution in [0.15, 0.2) is 83.8 Å². The Hall–Kier alpha value is -4.05. The Balaban J connectivity index is 1.71. The largest absolute Gasteiger partial charge is 0.452 e. The van der Waals surface area contributed by atoms with E-state index in [1.807, 2.05) is 60.7 Å². The lowest BCUT2D eigenvalue weighted by atomic mass is 10.1. The lowest BCUT2D eigenvalue weighted by Gasteiger charge is -2.23. The van der Waals surface area contributed by atoms with Gasteiger partial charge in [0.1, 0.15) is 4.90 Å². The summed E-state index contributed by atoms with van der Waals surface area (Å²) in [5.41, 5.74) is 0.999. The number of sulfone groups is 1. The quantitative estimate of drug-likeness (QED) is 0.239. The second kappa shape index (κ2) is 11.4. The first-order valence-electron chi connectivity index (χ1n) is 10.7. The minimum absolute atomic E-state index is 0.226. The number of rotatable bonds is 10. The molecular formula is C25H24N2O7S. The zero-order valence-electron chi connectivity index (χ0n) is 19.0. The highest BCUT2D eigenvalue weighted by molar-refractivity contribution is 7.90. The van der Waals surface area contributed by atoms with E-state index in [-0.39, 0.29) is 5.56 Å². The number of nitrogens with zero attached hydrogens (tertiary/aromatic N) is 2. The molecule has 9 nitrogen and oxygen atoms in total. The van der Waals surface area contributed by atoms with Gasteiger partial charge in [-0.1, -0.05) is 60.7 Å². The Morgan fingerprint density at radius 1 is 0.943 bits per heavy atom. The Bertz CT molecular complexity index is 1310. The molecule has 0 atom stereocenters. The van der Waals surface area contributed by atoms with Crippen LogP contribution in [0.2, 0.25) is 0 Å². The minimum Gasteiger partial charge on any atom is -0.452 e. The van der Waals surface area contributed by atoms with Crippen molar-refractivity contribution in [2.75, 3.05) is 19.4 Å². The van der Waals surface area contributed by atoms with Gasteiger partial charge in [-0.15, -0.1) is 0 Å². The number of hydrogen-bond donors (Lipinski definition) is 0. The Morgan fingerprint density at radius 3 is 2.11 bits per heavy atom. The molecule has 0 N–H and O–H groups in total. The Kier molecular flexibility index (Phi) is 8.32. The number of esters is 1. The van der Waals surface area contributed by atoms with Crippen molar-refractivity contribution < 1.29 is 27.7 Å². The summed E-state index contributed by atoms with van der Waals surface area (Å²) in [6, 6.07) is 21.9. The molecule has 0 unspecified atom stereocenters. The van der Waals surface area contributed by atoms with Crippen molar-refractivity contribution in [3.8, 4) is 0 Å². The van der Waals surface area contributed by atoms with Crippen LogP contribution in [0.5, 0.6) is 0 Å². The summed E-state index contributed by atoms with van der Waals surface area (Å²) >= 11 is 0. The average Bonchev–Trinajstić information content (AvgIpc) is 2.85. The molecule has 3 rings (SSSR count). The van der Waals surface area contributed by atoms with Gasteiger partial charge >= 0.3 is 5.97 Å². The fourth-order valence-corrected chi connectivity index (χ4v) is 4.24. The maximum Gasteiger partial charge on any atom is 0.338 e. The lowest BCUT2D eigenvalue weighted by Crippen LogP contribution is -2.35. The molecule has 0 aromatic heterocycles. The van der Waals surface area contributed by atoms with Crippen LogP contribution in [-0.2, 0) is 32.3 Å². The molecule has 3 aromatic rings. The van der Waals surface area contributed by atoms with Crippen molar-refractivity contribution in [3.05, 3.63) is 106 Å². The molecular weight excluding hydrogens is 472 g/mol.